The van der Waals surface area contributed by atoms with Crippen molar-refractivity contribution >= 4 is 42.7 Å². The summed E-state index contributed by atoms with van der Waals surface area (Å²) in [7, 11) is 1.77. The van der Waals surface area contributed by atoms with Crippen LogP contribution in [0.4, 0.5) is 5.69 Å². The van der Waals surface area contributed by atoms with Gasteiger partial charge in [0.2, 0.25) is 0 Å². The van der Waals surface area contributed by atoms with Crippen LogP contribution in [-0.4, -0.2) is 29.4 Å². The van der Waals surface area contributed by atoms with Crippen molar-refractivity contribution in [1.82, 2.24) is 15.2 Å². The lowest BCUT2D eigenvalue weighted by Gasteiger charge is -2.12. The smallest absolute Gasteiger partial charge is 0.268 e. The Morgan fingerprint density at radius 1 is 1.58 bits per heavy atom. The third kappa shape index (κ3) is 6.21. The van der Waals surface area contributed by atoms with E-state index in [1.54, 1.807) is 23.9 Å². The Bertz CT molecular complexity index is 420. The maximum Gasteiger partial charge on any atom is 0.268 e. The number of nitrogens with zero attached hydrogens (tertiary/aromatic N) is 2. The van der Waals surface area contributed by atoms with Crippen LogP contribution in [0.5, 0.6) is 0 Å². The minimum absolute atomic E-state index is 0. The molecule has 0 aliphatic heterocycles. The molecule has 1 heterocycles. The van der Waals surface area contributed by atoms with Gasteiger partial charge in [-0.2, -0.15) is 5.10 Å². The van der Waals surface area contributed by atoms with Crippen molar-refractivity contribution in [1.29, 1.82) is 0 Å². The molecule has 1 aromatic rings. The second-order valence-electron chi connectivity index (χ2n) is 3.83. The molecule has 0 aliphatic carbocycles. The molecular formula is C10H20Cl2N6O. The van der Waals surface area contributed by atoms with Crippen molar-refractivity contribution in [2.75, 3.05) is 12.3 Å². The Hall–Kier alpha value is -1.60. The molecule has 1 aromatic heterocycles. The van der Waals surface area contributed by atoms with E-state index in [1.807, 2.05) is 6.92 Å². The number of aryl methyl sites for hydroxylation is 1. The molecule has 9 heteroatoms. The number of halogens is 2. The Labute approximate surface area is 124 Å². The van der Waals surface area contributed by atoms with E-state index in [2.05, 4.69) is 15.7 Å². The number of nitrogens with two attached hydrogens (primary N) is 2. The van der Waals surface area contributed by atoms with E-state index in [9.17, 15) is 4.79 Å². The van der Waals surface area contributed by atoms with Crippen LogP contribution in [0.25, 0.3) is 0 Å². The van der Waals surface area contributed by atoms with E-state index < -0.39 is 0 Å². The third-order valence-electron chi connectivity index (χ3n) is 2.26. The standard InChI is InChI=1S/C10H18N6O.2ClH/c1-7(14-6-15-12)4-13-10(17)9-3-8(11)5-16(9)2;;/h3,5-7H,4,11-12H2,1-2H3,(H,13,17)(H,14,15);2*1H. The summed E-state index contributed by atoms with van der Waals surface area (Å²) in [5, 5.41) is 8.99. The Morgan fingerprint density at radius 3 is 2.68 bits per heavy atom. The predicted molar refractivity (Wildman–Crippen MR) is 81.9 cm³/mol. The van der Waals surface area contributed by atoms with Crippen molar-refractivity contribution in [2.45, 2.75) is 13.0 Å². The van der Waals surface area contributed by atoms with Gasteiger partial charge < -0.3 is 26.8 Å². The van der Waals surface area contributed by atoms with Gasteiger partial charge in [0.1, 0.15) is 12.0 Å². The van der Waals surface area contributed by atoms with E-state index in [-0.39, 0.29) is 36.8 Å². The molecule has 6 N–H and O–H groups in total. The van der Waals surface area contributed by atoms with Gasteiger partial charge in [-0.15, -0.1) is 24.8 Å². The Morgan fingerprint density at radius 2 is 2.21 bits per heavy atom. The summed E-state index contributed by atoms with van der Waals surface area (Å²) in [6.45, 7) is 2.37. The summed E-state index contributed by atoms with van der Waals surface area (Å²) in [4.78, 5) is 11.8. The molecule has 0 radical (unpaired) electrons. The zero-order valence-corrected chi connectivity index (χ0v) is 12.4. The first kappa shape index (κ1) is 19.7. The van der Waals surface area contributed by atoms with Crippen molar-refractivity contribution in [2.24, 2.45) is 18.0 Å². The molecule has 1 amide bonds. The topological polar surface area (TPSA) is 110 Å². The molecule has 0 spiro atoms. The Balaban J connectivity index is 0. The molecule has 7 nitrogen and oxygen atoms in total. The first-order valence-corrected chi connectivity index (χ1v) is 5.22. The number of amides is 1. The highest BCUT2D eigenvalue weighted by Crippen LogP contribution is 2.08. The molecule has 110 valence electrons. The van der Waals surface area contributed by atoms with Crippen LogP contribution < -0.4 is 22.2 Å². The summed E-state index contributed by atoms with van der Waals surface area (Å²) in [6, 6.07) is 1.68. The fourth-order valence-corrected chi connectivity index (χ4v) is 1.38. The molecular weight excluding hydrogens is 291 g/mol. The maximum absolute atomic E-state index is 11.8. The number of hydrazone groups is 1. The molecule has 19 heavy (non-hydrogen) atoms. The molecule has 0 saturated carbocycles. The van der Waals surface area contributed by atoms with Crippen LogP contribution in [-0.2, 0) is 7.05 Å². The fourth-order valence-electron chi connectivity index (χ4n) is 1.38. The second-order valence-corrected chi connectivity index (χ2v) is 3.83. The molecule has 1 rings (SSSR count). The predicted octanol–water partition coefficient (Wildman–Crippen LogP) is 0.0608. The third-order valence-corrected chi connectivity index (χ3v) is 2.26. The van der Waals surface area contributed by atoms with Crippen LogP contribution in [0.3, 0.4) is 0 Å². The molecule has 1 atom stereocenters. The summed E-state index contributed by atoms with van der Waals surface area (Å²) >= 11 is 0. The number of hydrogen-bond acceptors (Lipinski definition) is 4. The second kappa shape index (κ2) is 9.35. The monoisotopic (exact) mass is 310 g/mol. The van der Waals surface area contributed by atoms with Gasteiger partial charge in [-0.3, -0.25) is 4.79 Å². The first-order chi connectivity index (χ1) is 8.04. The number of rotatable bonds is 5. The van der Waals surface area contributed by atoms with Crippen LogP contribution in [0, 0.1) is 0 Å². The zero-order chi connectivity index (χ0) is 12.8. The van der Waals surface area contributed by atoms with Crippen LogP contribution in [0.2, 0.25) is 0 Å². The van der Waals surface area contributed by atoms with Crippen molar-refractivity contribution in [3.8, 4) is 0 Å². The minimum Gasteiger partial charge on any atom is -0.397 e. The van der Waals surface area contributed by atoms with Gasteiger partial charge in [-0.05, 0) is 13.0 Å². The quantitative estimate of drug-likeness (QED) is 0.267. The number of carbonyl (C=O) groups excluding carboxylic acids is 1. The molecule has 0 fully saturated rings. The van der Waals surface area contributed by atoms with Gasteiger partial charge in [0.15, 0.2) is 0 Å². The molecule has 0 saturated heterocycles. The number of anilines is 1. The Kier molecular flexibility index (Phi) is 9.71. The average molecular weight is 311 g/mol. The van der Waals surface area contributed by atoms with Gasteiger partial charge in [0.05, 0.1) is 5.69 Å². The van der Waals surface area contributed by atoms with Crippen LogP contribution >= 0.6 is 24.8 Å². The highest BCUT2D eigenvalue weighted by atomic mass is 35.5. The van der Waals surface area contributed by atoms with Crippen molar-refractivity contribution in [3.05, 3.63) is 18.0 Å². The molecule has 0 aliphatic rings. The summed E-state index contributed by atoms with van der Waals surface area (Å²) in [6.07, 6.45) is 3.08. The maximum atomic E-state index is 11.8. The summed E-state index contributed by atoms with van der Waals surface area (Å²) in [5.41, 5.74) is 6.69. The molecule has 1 unspecified atom stereocenters. The van der Waals surface area contributed by atoms with Gasteiger partial charge in [0, 0.05) is 25.8 Å². The summed E-state index contributed by atoms with van der Waals surface area (Å²) < 4.78 is 1.68. The summed E-state index contributed by atoms with van der Waals surface area (Å²) in [5.74, 6) is 4.78. The minimum atomic E-state index is -0.164. The fraction of sp³-hybridized carbons (Fsp3) is 0.400. The lowest BCUT2D eigenvalue weighted by atomic mass is 10.3. The highest BCUT2D eigenvalue weighted by Gasteiger charge is 2.11. The zero-order valence-electron chi connectivity index (χ0n) is 10.8. The van der Waals surface area contributed by atoms with E-state index in [1.165, 1.54) is 6.34 Å². The number of nitrogen functional groups attached to an aromatic ring is 1. The lowest BCUT2D eigenvalue weighted by molar-refractivity contribution is 0.0943. The first-order valence-electron chi connectivity index (χ1n) is 5.22. The van der Waals surface area contributed by atoms with Gasteiger partial charge >= 0.3 is 0 Å². The number of hydrogen-bond donors (Lipinski definition) is 4. The van der Waals surface area contributed by atoms with Crippen molar-refractivity contribution in [3.63, 3.8) is 0 Å². The largest absolute Gasteiger partial charge is 0.397 e. The molecule has 0 bridgehead atoms. The number of nitrogens with one attached hydrogen (secondary N) is 2. The highest BCUT2D eigenvalue weighted by molar-refractivity contribution is 5.93. The van der Waals surface area contributed by atoms with E-state index in [0.29, 0.717) is 17.9 Å². The van der Waals surface area contributed by atoms with E-state index in [0.717, 1.165) is 0 Å². The van der Waals surface area contributed by atoms with Crippen molar-refractivity contribution < 1.29 is 4.79 Å². The van der Waals surface area contributed by atoms with E-state index >= 15 is 0 Å². The van der Waals surface area contributed by atoms with Crippen LogP contribution in [0.15, 0.2) is 17.4 Å². The van der Waals surface area contributed by atoms with Crippen LogP contribution in [0.1, 0.15) is 17.4 Å². The van der Waals surface area contributed by atoms with Gasteiger partial charge in [-0.25, -0.2) is 0 Å². The lowest BCUT2D eigenvalue weighted by Crippen LogP contribution is -2.39. The molecule has 0 aromatic carbocycles. The normalized spacial score (nSPS) is 11.3. The average Bonchev–Trinajstić information content (AvgIpc) is 2.62. The van der Waals surface area contributed by atoms with Gasteiger partial charge in [0.25, 0.3) is 5.91 Å². The SMILES string of the molecule is CC(CNC(=O)c1cc(N)cn1C)NC=NN.Cl.Cl. The number of aromatic nitrogens is 1. The van der Waals surface area contributed by atoms with E-state index in [4.69, 9.17) is 11.6 Å². The van der Waals surface area contributed by atoms with Gasteiger partial charge in [-0.1, -0.05) is 0 Å². The number of carbonyl (C=O) groups is 1.